The molecule has 0 aliphatic carbocycles. The molecular weight excluding hydrogens is 152 g/mol. The Labute approximate surface area is 71.6 Å². The number of hydrogen-bond donors (Lipinski definition) is 2. The molecule has 0 aliphatic rings. The average Bonchev–Trinajstić information content (AvgIpc) is 1.99. The van der Waals surface area contributed by atoms with E-state index < -0.39 is 0 Å². The predicted molar refractivity (Wildman–Crippen MR) is 51.0 cm³/mol. The van der Waals surface area contributed by atoms with E-state index in [2.05, 4.69) is 6.58 Å². The van der Waals surface area contributed by atoms with Crippen LogP contribution in [0.2, 0.25) is 0 Å². The first-order valence-corrected chi connectivity index (χ1v) is 3.62. The fraction of sp³-hybridized carbons (Fsp3) is 0.111. The Bertz CT molecular complexity index is 264. The van der Waals surface area contributed by atoms with Gasteiger partial charge in [0.15, 0.2) is 0 Å². The molecule has 0 bridgehead atoms. The average molecular weight is 164 g/mol. The lowest BCUT2D eigenvalue weighted by Gasteiger charge is -2.04. The Hall–Kier alpha value is -1.64. The van der Waals surface area contributed by atoms with E-state index in [1.54, 1.807) is 24.3 Å². The van der Waals surface area contributed by atoms with Crippen molar-refractivity contribution in [3.05, 3.63) is 30.9 Å². The third-order valence-electron chi connectivity index (χ3n) is 1.32. The lowest BCUT2D eigenvalue weighted by Crippen LogP contribution is -1.96. The van der Waals surface area contributed by atoms with E-state index in [0.717, 1.165) is 0 Å². The van der Waals surface area contributed by atoms with Crippen molar-refractivity contribution in [2.45, 2.75) is 0 Å². The van der Waals surface area contributed by atoms with Crippen LogP contribution < -0.4 is 16.2 Å². The van der Waals surface area contributed by atoms with Gasteiger partial charge in [-0.2, -0.15) is 0 Å². The number of ether oxygens (including phenoxy) is 1. The maximum Gasteiger partial charge on any atom is 0.123 e. The van der Waals surface area contributed by atoms with Gasteiger partial charge in [-0.1, -0.05) is 12.7 Å². The molecular formula is C9H12N2O. The van der Waals surface area contributed by atoms with Gasteiger partial charge in [-0.3, -0.25) is 0 Å². The first-order chi connectivity index (χ1) is 5.72. The van der Waals surface area contributed by atoms with Crippen molar-refractivity contribution in [2.75, 3.05) is 18.1 Å². The van der Waals surface area contributed by atoms with Crippen molar-refractivity contribution >= 4 is 11.4 Å². The van der Waals surface area contributed by atoms with E-state index in [1.807, 2.05) is 0 Å². The fourth-order valence-corrected chi connectivity index (χ4v) is 0.884. The number of anilines is 2. The second-order valence-electron chi connectivity index (χ2n) is 2.44. The molecule has 3 nitrogen and oxygen atoms in total. The van der Waals surface area contributed by atoms with Crippen LogP contribution in [0.4, 0.5) is 11.4 Å². The van der Waals surface area contributed by atoms with E-state index in [-0.39, 0.29) is 0 Å². The van der Waals surface area contributed by atoms with Crippen LogP contribution in [-0.4, -0.2) is 6.61 Å². The summed E-state index contributed by atoms with van der Waals surface area (Å²) in [6.45, 7) is 3.99. The quantitative estimate of drug-likeness (QED) is 0.524. The summed E-state index contributed by atoms with van der Waals surface area (Å²) in [5, 5.41) is 0. The molecule has 1 aromatic rings. The highest BCUT2D eigenvalue weighted by Gasteiger charge is 1.95. The van der Waals surface area contributed by atoms with Crippen molar-refractivity contribution in [1.82, 2.24) is 0 Å². The number of nitrogen functional groups attached to an aromatic ring is 2. The summed E-state index contributed by atoms with van der Waals surface area (Å²) in [5.74, 6) is 0.674. The highest BCUT2D eigenvalue weighted by atomic mass is 16.5. The van der Waals surface area contributed by atoms with Gasteiger partial charge in [-0.05, 0) is 6.07 Å². The summed E-state index contributed by atoms with van der Waals surface area (Å²) in [6.07, 6.45) is 1.67. The fourth-order valence-electron chi connectivity index (χ4n) is 0.884. The molecule has 3 heteroatoms. The second kappa shape index (κ2) is 3.67. The second-order valence-corrected chi connectivity index (χ2v) is 2.44. The van der Waals surface area contributed by atoms with Crippen molar-refractivity contribution in [1.29, 1.82) is 0 Å². The molecule has 1 rings (SSSR count). The van der Waals surface area contributed by atoms with Crippen molar-refractivity contribution < 1.29 is 4.74 Å². The molecule has 4 N–H and O–H groups in total. The SMILES string of the molecule is C=CCOc1cc(N)cc(N)c1. The topological polar surface area (TPSA) is 61.3 Å². The molecule has 0 aromatic heterocycles. The lowest BCUT2D eigenvalue weighted by molar-refractivity contribution is 0.363. The maximum absolute atomic E-state index is 5.55. The van der Waals surface area contributed by atoms with Crippen LogP contribution in [-0.2, 0) is 0 Å². The Morgan fingerprint density at radius 1 is 1.25 bits per heavy atom. The zero-order valence-electron chi connectivity index (χ0n) is 6.79. The third kappa shape index (κ3) is 2.20. The summed E-state index contributed by atoms with van der Waals surface area (Å²) in [4.78, 5) is 0. The molecule has 0 atom stereocenters. The zero-order chi connectivity index (χ0) is 8.97. The largest absolute Gasteiger partial charge is 0.489 e. The van der Waals surface area contributed by atoms with E-state index in [0.29, 0.717) is 23.7 Å². The zero-order valence-corrected chi connectivity index (χ0v) is 6.79. The smallest absolute Gasteiger partial charge is 0.123 e. The van der Waals surface area contributed by atoms with Gasteiger partial charge in [-0.25, -0.2) is 0 Å². The van der Waals surface area contributed by atoms with Gasteiger partial charge in [0.25, 0.3) is 0 Å². The minimum absolute atomic E-state index is 0.461. The van der Waals surface area contributed by atoms with Crippen LogP contribution in [0.25, 0.3) is 0 Å². The van der Waals surface area contributed by atoms with Gasteiger partial charge in [-0.15, -0.1) is 0 Å². The van der Waals surface area contributed by atoms with Crippen molar-refractivity contribution in [3.8, 4) is 5.75 Å². The first kappa shape index (κ1) is 8.46. The summed E-state index contributed by atoms with van der Waals surface area (Å²) in [5.41, 5.74) is 12.3. The number of benzene rings is 1. The summed E-state index contributed by atoms with van der Waals surface area (Å²) in [6, 6.07) is 5.13. The Kier molecular flexibility index (Phi) is 2.58. The monoisotopic (exact) mass is 164 g/mol. The molecule has 12 heavy (non-hydrogen) atoms. The third-order valence-corrected chi connectivity index (χ3v) is 1.32. The van der Waals surface area contributed by atoms with E-state index in [9.17, 15) is 0 Å². The van der Waals surface area contributed by atoms with Crippen LogP contribution in [0.5, 0.6) is 5.75 Å². The molecule has 0 saturated carbocycles. The van der Waals surface area contributed by atoms with Gasteiger partial charge in [0.05, 0.1) is 0 Å². The van der Waals surface area contributed by atoms with Crippen molar-refractivity contribution in [2.24, 2.45) is 0 Å². The highest BCUT2D eigenvalue weighted by Crippen LogP contribution is 2.19. The van der Waals surface area contributed by atoms with Crippen LogP contribution >= 0.6 is 0 Å². The maximum atomic E-state index is 5.55. The molecule has 0 unspecified atom stereocenters. The number of rotatable bonds is 3. The minimum atomic E-state index is 0.461. The molecule has 0 radical (unpaired) electrons. The van der Waals surface area contributed by atoms with Gasteiger partial charge in [0.2, 0.25) is 0 Å². The molecule has 0 saturated heterocycles. The summed E-state index contributed by atoms with van der Waals surface area (Å²) < 4.78 is 5.24. The van der Waals surface area contributed by atoms with Crippen molar-refractivity contribution in [3.63, 3.8) is 0 Å². The lowest BCUT2D eigenvalue weighted by atomic mass is 10.3. The summed E-state index contributed by atoms with van der Waals surface area (Å²) >= 11 is 0. The molecule has 1 aromatic carbocycles. The summed E-state index contributed by atoms with van der Waals surface area (Å²) in [7, 11) is 0. The normalized spacial score (nSPS) is 9.33. The molecule has 0 spiro atoms. The van der Waals surface area contributed by atoms with E-state index in [1.165, 1.54) is 0 Å². The molecule has 0 fully saturated rings. The Morgan fingerprint density at radius 2 is 1.83 bits per heavy atom. The van der Waals surface area contributed by atoms with E-state index in [4.69, 9.17) is 16.2 Å². The van der Waals surface area contributed by atoms with Gasteiger partial charge < -0.3 is 16.2 Å². The van der Waals surface area contributed by atoms with E-state index >= 15 is 0 Å². The first-order valence-electron chi connectivity index (χ1n) is 3.62. The molecule has 0 aliphatic heterocycles. The highest BCUT2D eigenvalue weighted by molar-refractivity contribution is 5.56. The minimum Gasteiger partial charge on any atom is -0.489 e. The van der Waals surface area contributed by atoms with Crippen LogP contribution in [0, 0.1) is 0 Å². The van der Waals surface area contributed by atoms with Gasteiger partial charge in [0.1, 0.15) is 12.4 Å². The molecule has 0 amide bonds. The molecule has 64 valence electrons. The Balaban J connectivity index is 2.78. The van der Waals surface area contributed by atoms with Gasteiger partial charge in [0, 0.05) is 23.5 Å². The number of hydrogen-bond acceptors (Lipinski definition) is 3. The van der Waals surface area contributed by atoms with Crippen LogP contribution in [0.15, 0.2) is 30.9 Å². The standard InChI is InChI=1S/C9H12N2O/c1-2-3-12-9-5-7(10)4-8(11)6-9/h2,4-6H,1,3,10-11H2. The number of nitrogens with two attached hydrogens (primary N) is 2. The van der Waals surface area contributed by atoms with Crippen LogP contribution in [0.1, 0.15) is 0 Å². The van der Waals surface area contributed by atoms with Gasteiger partial charge >= 0.3 is 0 Å². The predicted octanol–water partition coefficient (Wildman–Crippen LogP) is 1.42. The Morgan fingerprint density at radius 3 is 2.33 bits per heavy atom. The molecule has 0 heterocycles. The van der Waals surface area contributed by atoms with Crippen LogP contribution in [0.3, 0.4) is 0 Å².